The number of aryl methyl sites for hydroxylation is 2. The summed E-state index contributed by atoms with van der Waals surface area (Å²) in [6.45, 7) is 0. The van der Waals surface area contributed by atoms with Crippen molar-refractivity contribution in [1.29, 1.82) is 0 Å². The summed E-state index contributed by atoms with van der Waals surface area (Å²) in [7, 11) is 3.56. The molecule has 2 heterocycles. The van der Waals surface area contributed by atoms with Gasteiger partial charge in [-0.2, -0.15) is 4.80 Å². The Morgan fingerprint density at radius 3 is 2.67 bits per heavy atom. The Hall–Kier alpha value is -2.50. The van der Waals surface area contributed by atoms with Crippen molar-refractivity contribution in [2.45, 2.75) is 0 Å². The van der Waals surface area contributed by atoms with Crippen LogP contribution in [0, 0.1) is 0 Å². The smallest absolute Gasteiger partial charge is 0.210 e. The SMILES string of the molecule is Cn1nnc(-c2cn(C)c3ccccc3c2=O)n1. The molecule has 0 saturated heterocycles. The maximum atomic E-state index is 12.4. The van der Waals surface area contributed by atoms with Gasteiger partial charge in [0.1, 0.15) is 0 Å². The lowest BCUT2D eigenvalue weighted by atomic mass is 10.1. The van der Waals surface area contributed by atoms with Gasteiger partial charge in [0.25, 0.3) is 0 Å². The molecule has 6 heteroatoms. The molecule has 0 aliphatic carbocycles. The Labute approximate surface area is 102 Å². The molecule has 0 amide bonds. The van der Waals surface area contributed by atoms with Gasteiger partial charge in [0.05, 0.1) is 18.1 Å². The van der Waals surface area contributed by atoms with Gasteiger partial charge >= 0.3 is 0 Å². The second-order valence-electron chi connectivity index (χ2n) is 4.10. The van der Waals surface area contributed by atoms with E-state index in [1.54, 1.807) is 19.3 Å². The van der Waals surface area contributed by atoms with Crippen LogP contribution in [0.4, 0.5) is 0 Å². The minimum absolute atomic E-state index is 0.0725. The largest absolute Gasteiger partial charge is 0.350 e. The highest BCUT2D eigenvalue weighted by Crippen LogP contribution is 2.15. The minimum atomic E-state index is -0.0725. The highest BCUT2D eigenvalue weighted by Gasteiger charge is 2.12. The monoisotopic (exact) mass is 241 g/mol. The predicted molar refractivity (Wildman–Crippen MR) is 67.0 cm³/mol. The molecule has 0 unspecified atom stereocenters. The van der Waals surface area contributed by atoms with Gasteiger partial charge in [-0.1, -0.05) is 12.1 Å². The van der Waals surface area contributed by atoms with Gasteiger partial charge in [-0.15, -0.1) is 10.2 Å². The number of pyridine rings is 1. The van der Waals surface area contributed by atoms with Crippen LogP contribution in [0.25, 0.3) is 22.3 Å². The lowest BCUT2D eigenvalue weighted by Crippen LogP contribution is -2.11. The topological polar surface area (TPSA) is 65.6 Å². The molecule has 3 rings (SSSR count). The Balaban J connectivity index is 2.38. The molecule has 0 bridgehead atoms. The van der Waals surface area contributed by atoms with Crippen molar-refractivity contribution in [1.82, 2.24) is 24.8 Å². The molecule has 18 heavy (non-hydrogen) atoms. The first-order valence-electron chi connectivity index (χ1n) is 5.49. The van der Waals surface area contributed by atoms with Crippen LogP contribution in [-0.4, -0.2) is 24.8 Å². The second-order valence-corrected chi connectivity index (χ2v) is 4.10. The fourth-order valence-corrected chi connectivity index (χ4v) is 1.99. The van der Waals surface area contributed by atoms with Gasteiger partial charge in [0.2, 0.25) is 11.3 Å². The van der Waals surface area contributed by atoms with Crippen molar-refractivity contribution in [3.05, 3.63) is 40.7 Å². The molecule has 1 aromatic carbocycles. The first kappa shape index (κ1) is 10.6. The van der Waals surface area contributed by atoms with E-state index >= 15 is 0 Å². The number of nitrogens with zero attached hydrogens (tertiary/aromatic N) is 5. The first-order chi connectivity index (χ1) is 8.66. The molecule has 6 nitrogen and oxygen atoms in total. The summed E-state index contributed by atoms with van der Waals surface area (Å²) >= 11 is 0. The summed E-state index contributed by atoms with van der Waals surface area (Å²) in [5.41, 5.74) is 1.27. The van der Waals surface area contributed by atoms with Crippen molar-refractivity contribution in [3.8, 4) is 11.4 Å². The van der Waals surface area contributed by atoms with Gasteiger partial charge in [-0.05, 0) is 17.3 Å². The first-order valence-corrected chi connectivity index (χ1v) is 5.49. The van der Waals surface area contributed by atoms with E-state index in [2.05, 4.69) is 15.4 Å². The van der Waals surface area contributed by atoms with Crippen LogP contribution in [0.2, 0.25) is 0 Å². The number of para-hydroxylation sites is 1. The van der Waals surface area contributed by atoms with E-state index in [1.807, 2.05) is 29.8 Å². The lowest BCUT2D eigenvalue weighted by molar-refractivity contribution is 0.630. The zero-order valence-electron chi connectivity index (χ0n) is 10.0. The van der Waals surface area contributed by atoms with Crippen LogP contribution in [0.15, 0.2) is 35.3 Å². The van der Waals surface area contributed by atoms with E-state index < -0.39 is 0 Å². The van der Waals surface area contributed by atoms with Crippen LogP contribution in [-0.2, 0) is 14.1 Å². The lowest BCUT2D eigenvalue weighted by Gasteiger charge is -2.06. The number of hydrogen-bond acceptors (Lipinski definition) is 4. The summed E-state index contributed by atoms with van der Waals surface area (Å²) in [6, 6.07) is 7.46. The molecule has 0 aliphatic rings. The highest BCUT2D eigenvalue weighted by atomic mass is 16.1. The molecule has 0 spiro atoms. The van der Waals surface area contributed by atoms with E-state index in [-0.39, 0.29) is 5.43 Å². The summed E-state index contributed by atoms with van der Waals surface area (Å²) in [4.78, 5) is 13.7. The van der Waals surface area contributed by atoms with Crippen molar-refractivity contribution >= 4 is 10.9 Å². The number of fused-ring (bicyclic) bond motifs is 1. The Bertz CT molecular complexity index is 787. The molecule has 0 radical (unpaired) electrons. The van der Waals surface area contributed by atoms with E-state index in [9.17, 15) is 4.79 Å². The quantitative estimate of drug-likeness (QED) is 0.630. The zero-order chi connectivity index (χ0) is 12.7. The van der Waals surface area contributed by atoms with Crippen molar-refractivity contribution in [2.24, 2.45) is 14.1 Å². The standard InChI is InChI=1S/C12H11N5O/c1-16-7-9(12-13-15-17(2)14-12)11(18)8-5-3-4-6-10(8)16/h3-7H,1-2H3. The maximum Gasteiger partial charge on any atom is 0.210 e. The zero-order valence-corrected chi connectivity index (χ0v) is 10.0. The minimum Gasteiger partial charge on any atom is -0.350 e. The molecule has 3 aromatic rings. The van der Waals surface area contributed by atoms with Gasteiger partial charge in [0, 0.05) is 18.6 Å². The van der Waals surface area contributed by atoms with Gasteiger partial charge in [0.15, 0.2) is 0 Å². The molecule has 0 saturated carbocycles. The normalized spacial score (nSPS) is 11.0. The summed E-state index contributed by atoms with van der Waals surface area (Å²) in [6.07, 6.45) is 1.74. The average Bonchev–Trinajstić information content (AvgIpc) is 2.80. The number of rotatable bonds is 1. The van der Waals surface area contributed by atoms with E-state index in [0.29, 0.717) is 16.8 Å². The van der Waals surface area contributed by atoms with Crippen molar-refractivity contribution < 1.29 is 0 Å². The summed E-state index contributed by atoms with van der Waals surface area (Å²) in [5.74, 6) is 0.351. The average molecular weight is 241 g/mol. The van der Waals surface area contributed by atoms with Crippen molar-refractivity contribution in [3.63, 3.8) is 0 Å². The van der Waals surface area contributed by atoms with Gasteiger partial charge in [-0.3, -0.25) is 4.79 Å². The van der Waals surface area contributed by atoms with Crippen LogP contribution < -0.4 is 5.43 Å². The van der Waals surface area contributed by atoms with E-state index in [0.717, 1.165) is 5.52 Å². The molecule has 0 fully saturated rings. The van der Waals surface area contributed by atoms with Crippen molar-refractivity contribution in [2.75, 3.05) is 0 Å². The molecule has 90 valence electrons. The fraction of sp³-hybridized carbons (Fsp3) is 0.167. The Morgan fingerprint density at radius 1 is 1.17 bits per heavy atom. The van der Waals surface area contributed by atoms with Crippen LogP contribution in [0.3, 0.4) is 0 Å². The summed E-state index contributed by atoms with van der Waals surface area (Å²) < 4.78 is 1.89. The second kappa shape index (κ2) is 3.76. The van der Waals surface area contributed by atoms with Crippen LogP contribution in [0.5, 0.6) is 0 Å². The van der Waals surface area contributed by atoms with Gasteiger partial charge in [-0.25, -0.2) is 0 Å². The highest BCUT2D eigenvalue weighted by molar-refractivity contribution is 5.82. The third-order valence-electron chi connectivity index (χ3n) is 2.85. The van der Waals surface area contributed by atoms with Crippen LogP contribution >= 0.6 is 0 Å². The van der Waals surface area contributed by atoms with E-state index in [4.69, 9.17) is 0 Å². The fourth-order valence-electron chi connectivity index (χ4n) is 1.99. The Kier molecular flexibility index (Phi) is 2.22. The number of hydrogen-bond donors (Lipinski definition) is 0. The summed E-state index contributed by atoms with van der Waals surface area (Å²) in [5, 5.41) is 12.4. The van der Waals surface area contributed by atoms with Crippen LogP contribution in [0.1, 0.15) is 0 Å². The third-order valence-corrected chi connectivity index (χ3v) is 2.85. The third kappa shape index (κ3) is 1.50. The van der Waals surface area contributed by atoms with Gasteiger partial charge < -0.3 is 4.57 Å². The maximum absolute atomic E-state index is 12.4. The number of aromatic nitrogens is 5. The molecule has 2 aromatic heterocycles. The number of benzene rings is 1. The molecule has 0 atom stereocenters. The molecule has 0 aliphatic heterocycles. The van der Waals surface area contributed by atoms with E-state index in [1.165, 1.54) is 4.80 Å². The Morgan fingerprint density at radius 2 is 1.94 bits per heavy atom. The molecule has 0 N–H and O–H groups in total. The number of tetrazole rings is 1. The molecular weight excluding hydrogens is 230 g/mol. The molecular formula is C12H11N5O. The predicted octanol–water partition coefficient (Wildman–Crippen LogP) is 0.729.